The Kier molecular flexibility index (Phi) is 3.84. The molecule has 96 valence electrons. The Morgan fingerprint density at radius 3 is 3.00 bits per heavy atom. The molecule has 2 rings (SSSR count). The zero-order valence-corrected chi connectivity index (χ0v) is 10.7. The summed E-state index contributed by atoms with van der Waals surface area (Å²) < 4.78 is 0. The highest BCUT2D eigenvalue weighted by molar-refractivity contribution is 6.34. The van der Waals surface area contributed by atoms with Crippen molar-refractivity contribution in [1.29, 1.82) is 0 Å². The Balaban J connectivity index is 2.12. The number of anilines is 2. The lowest BCUT2D eigenvalue weighted by atomic mass is 10.1. The van der Waals surface area contributed by atoms with Crippen molar-refractivity contribution in [1.82, 2.24) is 5.32 Å². The third kappa shape index (κ3) is 2.80. The Morgan fingerprint density at radius 1 is 1.50 bits per heavy atom. The van der Waals surface area contributed by atoms with Gasteiger partial charge in [0.25, 0.3) is 0 Å². The molecule has 2 amide bonds. The van der Waals surface area contributed by atoms with E-state index in [1.807, 2.05) is 6.92 Å². The van der Waals surface area contributed by atoms with Gasteiger partial charge in [-0.2, -0.15) is 0 Å². The number of carbonyl (C=O) groups is 2. The van der Waals surface area contributed by atoms with Crippen LogP contribution in [0.4, 0.5) is 11.4 Å². The summed E-state index contributed by atoms with van der Waals surface area (Å²) in [6.07, 6.45) is 0.322. The molecule has 1 aromatic carbocycles. The number of benzene rings is 1. The van der Waals surface area contributed by atoms with Crippen LogP contribution in [0.15, 0.2) is 12.1 Å². The van der Waals surface area contributed by atoms with Crippen LogP contribution in [-0.2, 0) is 16.0 Å². The molecule has 3 N–H and O–H groups in total. The number of rotatable bonds is 4. The van der Waals surface area contributed by atoms with E-state index in [9.17, 15) is 9.59 Å². The van der Waals surface area contributed by atoms with Crippen molar-refractivity contribution in [2.24, 2.45) is 0 Å². The largest absolute Gasteiger partial charge is 0.325 e. The third-order valence-electron chi connectivity index (χ3n) is 2.63. The molecular formula is C12H14ClN3O2. The second-order valence-corrected chi connectivity index (χ2v) is 4.45. The van der Waals surface area contributed by atoms with Crippen molar-refractivity contribution in [2.75, 3.05) is 23.7 Å². The second-order valence-electron chi connectivity index (χ2n) is 4.04. The van der Waals surface area contributed by atoms with Gasteiger partial charge >= 0.3 is 0 Å². The van der Waals surface area contributed by atoms with Gasteiger partial charge in [0.2, 0.25) is 11.8 Å². The zero-order chi connectivity index (χ0) is 13.1. The molecule has 1 aromatic rings. The van der Waals surface area contributed by atoms with Gasteiger partial charge in [-0.25, -0.2) is 0 Å². The lowest BCUT2D eigenvalue weighted by Gasteiger charge is -2.09. The van der Waals surface area contributed by atoms with Crippen molar-refractivity contribution in [3.8, 4) is 0 Å². The van der Waals surface area contributed by atoms with Crippen molar-refractivity contribution in [3.05, 3.63) is 22.7 Å². The van der Waals surface area contributed by atoms with E-state index in [2.05, 4.69) is 16.0 Å². The van der Waals surface area contributed by atoms with Crippen LogP contribution in [0, 0.1) is 0 Å². The van der Waals surface area contributed by atoms with Gasteiger partial charge in [-0.05, 0) is 24.2 Å². The summed E-state index contributed by atoms with van der Waals surface area (Å²) in [5.74, 6) is -0.215. The highest BCUT2D eigenvalue weighted by Gasteiger charge is 2.20. The normalized spacial score (nSPS) is 13.1. The molecule has 1 heterocycles. The maximum absolute atomic E-state index is 11.6. The maximum atomic E-state index is 11.6. The number of nitrogens with one attached hydrogen (secondary N) is 3. The molecule has 0 bridgehead atoms. The topological polar surface area (TPSA) is 70.2 Å². The van der Waals surface area contributed by atoms with E-state index in [4.69, 9.17) is 11.6 Å². The lowest BCUT2D eigenvalue weighted by Crippen LogP contribution is -2.27. The van der Waals surface area contributed by atoms with Crippen molar-refractivity contribution >= 4 is 34.8 Å². The SMILES string of the molecule is CCNCC(=O)Nc1cc2c(cc1Cl)NC(=O)C2. The average molecular weight is 268 g/mol. The summed E-state index contributed by atoms with van der Waals surface area (Å²) in [5, 5.41) is 8.76. The molecule has 0 fully saturated rings. The van der Waals surface area contributed by atoms with E-state index in [0.717, 1.165) is 17.8 Å². The molecule has 0 saturated heterocycles. The van der Waals surface area contributed by atoms with Crippen LogP contribution >= 0.6 is 11.6 Å². The molecule has 1 aliphatic rings. The summed E-state index contributed by atoms with van der Waals surface area (Å²) in [6, 6.07) is 3.39. The Labute approximate surface area is 110 Å². The summed E-state index contributed by atoms with van der Waals surface area (Å²) in [4.78, 5) is 22.8. The lowest BCUT2D eigenvalue weighted by molar-refractivity contribution is -0.116. The Morgan fingerprint density at radius 2 is 2.28 bits per heavy atom. The van der Waals surface area contributed by atoms with Crippen molar-refractivity contribution in [3.63, 3.8) is 0 Å². The molecule has 0 radical (unpaired) electrons. The first kappa shape index (κ1) is 12.9. The fourth-order valence-corrected chi connectivity index (χ4v) is 1.99. The van der Waals surface area contributed by atoms with Crippen LogP contribution < -0.4 is 16.0 Å². The maximum Gasteiger partial charge on any atom is 0.238 e. The van der Waals surface area contributed by atoms with Gasteiger partial charge in [0.15, 0.2) is 0 Å². The monoisotopic (exact) mass is 267 g/mol. The molecule has 6 heteroatoms. The molecule has 0 aliphatic carbocycles. The van der Waals surface area contributed by atoms with Crippen molar-refractivity contribution < 1.29 is 9.59 Å². The fourth-order valence-electron chi connectivity index (χ4n) is 1.78. The smallest absolute Gasteiger partial charge is 0.238 e. The zero-order valence-electron chi connectivity index (χ0n) is 9.97. The quantitative estimate of drug-likeness (QED) is 0.772. The van der Waals surface area contributed by atoms with E-state index in [1.165, 1.54) is 0 Å². The van der Waals surface area contributed by atoms with Gasteiger partial charge < -0.3 is 16.0 Å². The molecule has 5 nitrogen and oxygen atoms in total. The van der Waals surface area contributed by atoms with E-state index in [0.29, 0.717) is 17.1 Å². The van der Waals surface area contributed by atoms with E-state index < -0.39 is 0 Å². The first-order chi connectivity index (χ1) is 8.60. The van der Waals surface area contributed by atoms with Crippen LogP contribution in [0.5, 0.6) is 0 Å². The third-order valence-corrected chi connectivity index (χ3v) is 2.94. The highest BCUT2D eigenvalue weighted by atomic mass is 35.5. The molecule has 0 aromatic heterocycles. The van der Waals surface area contributed by atoms with Gasteiger partial charge in [-0.15, -0.1) is 0 Å². The summed E-state index contributed by atoms with van der Waals surface area (Å²) in [7, 11) is 0. The van der Waals surface area contributed by atoms with Crippen LogP contribution in [0.2, 0.25) is 5.02 Å². The van der Waals surface area contributed by atoms with Crippen LogP contribution in [-0.4, -0.2) is 24.9 Å². The van der Waals surface area contributed by atoms with Gasteiger partial charge in [0.05, 0.1) is 23.7 Å². The first-order valence-electron chi connectivity index (χ1n) is 5.73. The van der Waals surface area contributed by atoms with Gasteiger partial charge in [0, 0.05) is 5.69 Å². The molecule has 18 heavy (non-hydrogen) atoms. The van der Waals surface area contributed by atoms with E-state index >= 15 is 0 Å². The number of halogens is 1. The van der Waals surface area contributed by atoms with E-state index in [-0.39, 0.29) is 18.4 Å². The fraction of sp³-hybridized carbons (Fsp3) is 0.333. The number of fused-ring (bicyclic) bond motifs is 1. The highest BCUT2D eigenvalue weighted by Crippen LogP contribution is 2.32. The number of likely N-dealkylation sites (N-methyl/N-ethyl adjacent to an activating group) is 1. The van der Waals surface area contributed by atoms with Gasteiger partial charge in [-0.3, -0.25) is 9.59 Å². The molecule has 0 unspecified atom stereocenters. The minimum Gasteiger partial charge on any atom is -0.325 e. The van der Waals surface area contributed by atoms with Crippen LogP contribution in [0.1, 0.15) is 12.5 Å². The Hall–Kier alpha value is -1.59. The standard InChI is InChI=1S/C12H14ClN3O2/c1-2-14-6-12(18)16-10-3-7-4-11(17)15-9(7)5-8(10)13/h3,5,14H,2,4,6H2,1H3,(H,15,17)(H,16,18). The van der Waals surface area contributed by atoms with Crippen LogP contribution in [0.25, 0.3) is 0 Å². The number of hydrogen-bond acceptors (Lipinski definition) is 3. The predicted molar refractivity (Wildman–Crippen MR) is 71.0 cm³/mol. The van der Waals surface area contributed by atoms with Crippen LogP contribution in [0.3, 0.4) is 0 Å². The number of carbonyl (C=O) groups excluding carboxylic acids is 2. The first-order valence-corrected chi connectivity index (χ1v) is 6.10. The minimum atomic E-state index is -0.156. The molecule has 1 aliphatic heterocycles. The summed E-state index contributed by atoms with van der Waals surface area (Å²) in [6.45, 7) is 2.89. The average Bonchev–Trinajstić information content (AvgIpc) is 2.66. The van der Waals surface area contributed by atoms with Crippen molar-refractivity contribution in [2.45, 2.75) is 13.3 Å². The number of amides is 2. The molecule has 0 saturated carbocycles. The predicted octanol–water partition coefficient (Wildman–Crippen LogP) is 1.38. The van der Waals surface area contributed by atoms with Gasteiger partial charge in [-0.1, -0.05) is 18.5 Å². The molecular weight excluding hydrogens is 254 g/mol. The second kappa shape index (κ2) is 5.37. The summed E-state index contributed by atoms with van der Waals surface area (Å²) >= 11 is 6.05. The summed E-state index contributed by atoms with van der Waals surface area (Å²) in [5.41, 5.74) is 2.10. The number of hydrogen-bond donors (Lipinski definition) is 3. The molecule has 0 atom stereocenters. The van der Waals surface area contributed by atoms with E-state index in [1.54, 1.807) is 12.1 Å². The Bertz CT molecular complexity index is 502. The van der Waals surface area contributed by atoms with Gasteiger partial charge in [0.1, 0.15) is 0 Å². The molecule has 0 spiro atoms. The minimum absolute atomic E-state index is 0.0582.